The van der Waals surface area contributed by atoms with Gasteiger partial charge in [0.25, 0.3) is 0 Å². The van der Waals surface area contributed by atoms with Gasteiger partial charge in [-0.2, -0.15) is 0 Å². The second-order valence-electron chi connectivity index (χ2n) is 10.5. The van der Waals surface area contributed by atoms with E-state index < -0.39 is 23.6 Å². The molecule has 1 saturated heterocycles. The number of benzene rings is 1. The van der Waals surface area contributed by atoms with Gasteiger partial charge in [0.2, 0.25) is 17.7 Å². The number of amides is 2. The Morgan fingerprint density at radius 2 is 2.09 bits per heavy atom. The van der Waals surface area contributed by atoms with Gasteiger partial charge in [0.1, 0.15) is 17.6 Å². The number of aromatic nitrogens is 4. The molecule has 0 unspecified atom stereocenters. The van der Waals surface area contributed by atoms with Gasteiger partial charge < -0.3 is 19.7 Å². The highest BCUT2D eigenvalue weighted by Gasteiger charge is 2.45. The van der Waals surface area contributed by atoms with E-state index in [1.54, 1.807) is 4.68 Å². The molecule has 3 aromatic rings. The van der Waals surface area contributed by atoms with E-state index in [4.69, 9.17) is 4.42 Å². The summed E-state index contributed by atoms with van der Waals surface area (Å²) in [4.78, 5) is 32.8. The molecule has 2 aromatic heterocycles. The highest BCUT2D eigenvalue weighted by molar-refractivity contribution is 9.10. The lowest BCUT2D eigenvalue weighted by atomic mass is 9.85. The van der Waals surface area contributed by atoms with Crippen molar-refractivity contribution in [3.8, 4) is 0 Å². The molecule has 186 valence electrons. The molecule has 0 radical (unpaired) electrons. The Hall–Kier alpha value is -2.79. The molecule has 2 amide bonds. The summed E-state index contributed by atoms with van der Waals surface area (Å²) in [6.45, 7) is 6.05. The lowest BCUT2D eigenvalue weighted by Crippen LogP contribution is -2.50. The molecule has 1 aromatic carbocycles. The van der Waals surface area contributed by atoms with Crippen molar-refractivity contribution in [3.63, 3.8) is 0 Å². The molecule has 0 spiro atoms. The van der Waals surface area contributed by atoms with Gasteiger partial charge >= 0.3 is 0 Å². The number of rotatable bonds is 6. The number of aliphatic hydroxyl groups is 1. The van der Waals surface area contributed by atoms with E-state index in [2.05, 4.69) is 36.5 Å². The molecular formula is C24H29BrN6O4. The fourth-order valence-electron chi connectivity index (χ4n) is 4.63. The first kappa shape index (κ1) is 23.9. The van der Waals surface area contributed by atoms with Gasteiger partial charge in [-0.25, -0.2) is 9.67 Å². The van der Waals surface area contributed by atoms with Gasteiger partial charge in [0.15, 0.2) is 5.58 Å². The summed E-state index contributed by atoms with van der Waals surface area (Å²) in [7, 11) is 0. The maximum atomic E-state index is 13.8. The highest BCUT2D eigenvalue weighted by atomic mass is 79.9. The Balaban J connectivity index is 1.32. The molecular weight excluding hydrogens is 516 g/mol. The minimum Gasteiger partial charge on any atom is -0.439 e. The molecule has 2 fully saturated rings. The van der Waals surface area contributed by atoms with E-state index in [1.165, 1.54) is 4.90 Å². The van der Waals surface area contributed by atoms with E-state index in [-0.39, 0.29) is 31.3 Å². The van der Waals surface area contributed by atoms with Crippen molar-refractivity contribution in [1.29, 1.82) is 0 Å². The average Bonchev–Trinajstić information content (AvgIpc) is 3.19. The van der Waals surface area contributed by atoms with Gasteiger partial charge in [-0.1, -0.05) is 41.9 Å². The van der Waals surface area contributed by atoms with Crippen LogP contribution in [-0.4, -0.2) is 60.5 Å². The number of nitrogens with zero attached hydrogens (tertiary/aromatic N) is 5. The van der Waals surface area contributed by atoms with Crippen LogP contribution in [-0.2, 0) is 16.1 Å². The Kier molecular flexibility index (Phi) is 6.16. The number of carbonyl (C=O) groups is 2. The Bertz CT molecular complexity index is 1260. The zero-order valence-electron chi connectivity index (χ0n) is 19.9. The van der Waals surface area contributed by atoms with Crippen LogP contribution in [0.4, 0.5) is 0 Å². The number of β-amino-alcohol motifs (C(OH)–C–C–N with tert-alkyl or cyclic N) is 1. The van der Waals surface area contributed by atoms with Crippen LogP contribution in [0.25, 0.3) is 11.1 Å². The van der Waals surface area contributed by atoms with E-state index in [1.807, 2.05) is 45.2 Å². The van der Waals surface area contributed by atoms with Crippen molar-refractivity contribution in [2.24, 2.45) is 5.41 Å². The highest BCUT2D eigenvalue weighted by Crippen LogP contribution is 2.40. The summed E-state index contributed by atoms with van der Waals surface area (Å²) in [5, 5.41) is 21.7. The number of halogens is 1. The standard InChI is InChI=1S/C24H29BrN6O4/c1-24(2,3)21(31-12-17(28-29-31)13-4-5-13)23(34)30-11-15(32)9-18(30)22(33)26-10-20-27-16-7-6-14(25)8-19(16)35-20/h6-8,12-13,15,18,21,32H,4-5,9-11H2,1-3H3,(H,26,33)/t15-,18+,21-/m1/s1. The Morgan fingerprint density at radius 1 is 1.31 bits per heavy atom. The van der Waals surface area contributed by atoms with Crippen LogP contribution in [0.15, 0.2) is 33.3 Å². The molecule has 11 heteroatoms. The lowest BCUT2D eigenvalue weighted by molar-refractivity contribution is -0.144. The van der Waals surface area contributed by atoms with Crippen LogP contribution < -0.4 is 5.32 Å². The summed E-state index contributed by atoms with van der Waals surface area (Å²) >= 11 is 3.40. The van der Waals surface area contributed by atoms with Gasteiger partial charge in [0.05, 0.1) is 18.3 Å². The quantitative estimate of drug-likeness (QED) is 0.488. The van der Waals surface area contributed by atoms with Crippen LogP contribution >= 0.6 is 15.9 Å². The predicted octanol–water partition coefficient (Wildman–Crippen LogP) is 2.92. The summed E-state index contributed by atoms with van der Waals surface area (Å²) in [6.07, 6.45) is 3.41. The van der Waals surface area contributed by atoms with Gasteiger partial charge in [-0.15, -0.1) is 5.10 Å². The summed E-state index contributed by atoms with van der Waals surface area (Å²) in [5.74, 6) is 0.168. The van der Waals surface area contributed by atoms with Crippen molar-refractivity contribution >= 4 is 38.8 Å². The number of hydrogen-bond donors (Lipinski definition) is 2. The molecule has 1 aliphatic heterocycles. The zero-order valence-corrected chi connectivity index (χ0v) is 21.5. The third-order valence-electron chi connectivity index (χ3n) is 6.52. The monoisotopic (exact) mass is 544 g/mol. The number of hydrogen-bond acceptors (Lipinski definition) is 7. The third kappa shape index (κ3) is 4.97. The first-order chi connectivity index (χ1) is 16.6. The summed E-state index contributed by atoms with van der Waals surface area (Å²) < 4.78 is 8.21. The van der Waals surface area contributed by atoms with Gasteiger partial charge in [-0.05, 0) is 36.5 Å². The molecule has 0 bridgehead atoms. The second-order valence-corrected chi connectivity index (χ2v) is 11.4. The SMILES string of the molecule is CC(C)(C)[C@@H](C(=O)N1C[C@H](O)C[C@H]1C(=O)NCc1nc2ccc(Br)cc2o1)n1cc(C2CC2)nn1. The molecule has 1 aliphatic carbocycles. The van der Waals surface area contributed by atoms with Crippen LogP contribution in [0.5, 0.6) is 0 Å². The van der Waals surface area contributed by atoms with Crippen LogP contribution in [0.3, 0.4) is 0 Å². The molecule has 1 saturated carbocycles. The maximum Gasteiger partial charge on any atom is 0.248 e. The predicted molar refractivity (Wildman–Crippen MR) is 130 cm³/mol. The Morgan fingerprint density at radius 3 is 2.80 bits per heavy atom. The number of fused-ring (bicyclic) bond motifs is 1. The van der Waals surface area contributed by atoms with Crippen LogP contribution in [0.1, 0.15) is 63.6 Å². The lowest BCUT2D eigenvalue weighted by Gasteiger charge is -2.34. The van der Waals surface area contributed by atoms with Crippen molar-refractivity contribution < 1.29 is 19.1 Å². The van der Waals surface area contributed by atoms with Crippen molar-refractivity contribution in [3.05, 3.63) is 40.5 Å². The maximum absolute atomic E-state index is 13.8. The van der Waals surface area contributed by atoms with E-state index in [9.17, 15) is 14.7 Å². The molecule has 3 atom stereocenters. The number of nitrogens with one attached hydrogen (secondary N) is 1. The number of aliphatic hydroxyl groups excluding tert-OH is 1. The first-order valence-corrected chi connectivity index (χ1v) is 12.6. The summed E-state index contributed by atoms with van der Waals surface area (Å²) in [6, 6.07) is 4.05. The smallest absolute Gasteiger partial charge is 0.248 e. The van der Waals surface area contributed by atoms with Crippen molar-refractivity contribution in [2.45, 2.75) is 70.7 Å². The molecule has 10 nitrogen and oxygen atoms in total. The fraction of sp³-hybridized carbons (Fsp3) is 0.542. The molecule has 3 heterocycles. The number of oxazole rings is 1. The minimum absolute atomic E-state index is 0.0796. The Labute approximate surface area is 211 Å². The minimum atomic E-state index is -0.799. The average molecular weight is 545 g/mol. The molecule has 2 aliphatic rings. The number of carbonyl (C=O) groups excluding carboxylic acids is 2. The third-order valence-corrected chi connectivity index (χ3v) is 7.01. The molecule has 5 rings (SSSR count). The van der Waals surface area contributed by atoms with Crippen molar-refractivity contribution in [1.82, 2.24) is 30.2 Å². The van der Waals surface area contributed by atoms with E-state index in [0.29, 0.717) is 22.9 Å². The van der Waals surface area contributed by atoms with Gasteiger partial charge in [-0.3, -0.25) is 9.59 Å². The number of likely N-dealkylation sites (tertiary alicyclic amines) is 1. The topological polar surface area (TPSA) is 126 Å². The largest absolute Gasteiger partial charge is 0.439 e. The molecule has 35 heavy (non-hydrogen) atoms. The van der Waals surface area contributed by atoms with E-state index in [0.717, 1.165) is 23.0 Å². The fourth-order valence-corrected chi connectivity index (χ4v) is 4.97. The molecule has 2 N–H and O–H groups in total. The van der Waals surface area contributed by atoms with Crippen LogP contribution in [0.2, 0.25) is 0 Å². The first-order valence-electron chi connectivity index (χ1n) is 11.8. The summed E-state index contributed by atoms with van der Waals surface area (Å²) in [5.41, 5.74) is 1.72. The van der Waals surface area contributed by atoms with Gasteiger partial charge in [0, 0.05) is 29.6 Å². The van der Waals surface area contributed by atoms with Crippen LogP contribution in [0, 0.1) is 5.41 Å². The second kappa shape index (κ2) is 9.02. The zero-order chi connectivity index (χ0) is 24.9. The van der Waals surface area contributed by atoms with E-state index >= 15 is 0 Å². The normalized spacial score (nSPS) is 21.5. The van der Waals surface area contributed by atoms with Crippen molar-refractivity contribution in [2.75, 3.05) is 6.54 Å².